The molecule has 0 saturated heterocycles. The molecule has 0 rings (SSSR count). The van der Waals surface area contributed by atoms with Crippen LogP contribution in [-0.2, 0) is 9.53 Å². The topological polar surface area (TPSA) is 62.7 Å². The highest BCUT2D eigenvalue weighted by molar-refractivity contribution is 5.79. The molecule has 0 bridgehead atoms. The van der Waals surface area contributed by atoms with Gasteiger partial charge in [-0.3, -0.25) is 9.79 Å². The van der Waals surface area contributed by atoms with Crippen molar-refractivity contribution in [2.45, 2.75) is 71.8 Å². The van der Waals surface area contributed by atoms with E-state index >= 15 is 0 Å². The molecule has 1 atom stereocenters. The first-order chi connectivity index (χ1) is 10.5. The molecule has 5 heteroatoms. The molecule has 0 aromatic heterocycles. The Bertz CT molecular complexity index is 317. The van der Waals surface area contributed by atoms with Crippen molar-refractivity contribution in [3.63, 3.8) is 0 Å². The van der Waals surface area contributed by atoms with Gasteiger partial charge in [-0.2, -0.15) is 0 Å². The average molecular weight is 313 g/mol. The molecule has 2 N–H and O–H groups in total. The summed E-state index contributed by atoms with van der Waals surface area (Å²) in [6, 6.07) is 0.439. The maximum atomic E-state index is 11.0. The quantitative estimate of drug-likeness (QED) is 0.266. The van der Waals surface area contributed by atoms with Crippen LogP contribution >= 0.6 is 0 Å². The van der Waals surface area contributed by atoms with E-state index < -0.39 is 0 Å². The highest BCUT2D eigenvalue weighted by Crippen LogP contribution is 2.06. The lowest BCUT2D eigenvalue weighted by molar-refractivity contribution is -0.140. The Morgan fingerprint density at radius 3 is 2.36 bits per heavy atom. The van der Waals surface area contributed by atoms with Gasteiger partial charge >= 0.3 is 5.97 Å². The number of aliphatic imine (C=N–C) groups is 1. The molecule has 0 fully saturated rings. The SMILES string of the molecule is CN=C(NCCCCCCC(=O)OC)NC(C)CCC(C)C. The molecular formula is C17H35N3O2. The second kappa shape index (κ2) is 13.4. The number of guanidine groups is 1. The zero-order valence-corrected chi connectivity index (χ0v) is 15.1. The Labute approximate surface area is 136 Å². The fourth-order valence-corrected chi connectivity index (χ4v) is 2.14. The van der Waals surface area contributed by atoms with E-state index in [0.717, 1.165) is 50.5 Å². The highest BCUT2D eigenvalue weighted by atomic mass is 16.5. The fourth-order valence-electron chi connectivity index (χ4n) is 2.14. The first-order valence-corrected chi connectivity index (χ1v) is 8.53. The third kappa shape index (κ3) is 12.5. The lowest BCUT2D eigenvalue weighted by Gasteiger charge is -2.18. The third-order valence-corrected chi connectivity index (χ3v) is 3.61. The number of rotatable bonds is 11. The van der Waals surface area contributed by atoms with E-state index in [9.17, 15) is 4.79 Å². The monoisotopic (exact) mass is 313 g/mol. The number of methoxy groups -OCH3 is 1. The summed E-state index contributed by atoms with van der Waals surface area (Å²) in [6.07, 6.45) is 7.09. The van der Waals surface area contributed by atoms with Gasteiger partial charge in [0.2, 0.25) is 0 Å². The molecule has 0 aliphatic rings. The summed E-state index contributed by atoms with van der Waals surface area (Å²) in [5.41, 5.74) is 0. The number of unbranched alkanes of at least 4 members (excludes halogenated alkanes) is 3. The molecule has 130 valence electrons. The first kappa shape index (κ1) is 20.7. The summed E-state index contributed by atoms with van der Waals surface area (Å²) >= 11 is 0. The number of carbonyl (C=O) groups excluding carboxylic acids is 1. The van der Waals surface area contributed by atoms with Crippen molar-refractivity contribution in [2.75, 3.05) is 20.7 Å². The number of esters is 1. The summed E-state index contributed by atoms with van der Waals surface area (Å²) in [7, 11) is 3.24. The smallest absolute Gasteiger partial charge is 0.305 e. The van der Waals surface area contributed by atoms with Gasteiger partial charge in [-0.1, -0.05) is 26.7 Å². The van der Waals surface area contributed by atoms with Gasteiger partial charge in [0.15, 0.2) is 5.96 Å². The van der Waals surface area contributed by atoms with E-state index in [1.807, 2.05) is 0 Å². The third-order valence-electron chi connectivity index (χ3n) is 3.61. The summed E-state index contributed by atoms with van der Waals surface area (Å²) in [5.74, 6) is 1.51. The van der Waals surface area contributed by atoms with Crippen molar-refractivity contribution in [1.82, 2.24) is 10.6 Å². The Kier molecular flexibility index (Phi) is 12.6. The van der Waals surface area contributed by atoms with Crippen molar-refractivity contribution in [3.05, 3.63) is 0 Å². The molecule has 1 unspecified atom stereocenters. The molecule has 0 aliphatic heterocycles. The number of carbonyl (C=O) groups is 1. The van der Waals surface area contributed by atoms with Gasteiger partial charge in [-0.05, 0) is 38.5 Å². The Balaban J connectivity index is 3.64. The number of nitrogens with one attached hydrogen (secondary N) is 2. The maximum Gasteiger partial charge on any atom is 0.305 e. The van der Waals surface area contributed by atoms with E-state index in [1.54, 1.807) is 7.05 Å². The Morgan fingerprint density at radius 1 is 1.09 bits per heavy atom. The van der Waals surface area contributed by atoms with Gasteiger partial charge in [0, 0.05) is 26.1 Å². The van der Waals surface area contributed by atoms with Crippen LogP contribution in [-0.4, -0.2) is 38.7 Å². The fraction of sp³-hybridized carbons (Fsp3) is 0.882. The minimum atomic E-state index is -0.113. The van der Waals surface area contributed by atoms with Gasteiger partial charge in [0.05, 0.1) is 7.11 Å². The van der Waals surface area contributed by atoms with Crippen LogP contribution in [0.2, 0.25) is 0 Å². The second-order valence-electron chi connectivity index (χ2n) is 6.26. The van der Waals surface area contributed by atoms with Crippen LogP contribution in [0.1, 0.15) is 65.7 Å². The van der Waals surface area contributed by atoms with Crippen molar-refractivity contribution < 1.29 is 9.53 Å². The van der Waals surface area contributed by atoms with E-state index in [4.69, 9.17) is 0 Å². The van der Waals surface area contributed by atoms with E-state index in [2.05, 4.69) is 41.1 Å². The second-order valence-corrected chi connectivity index (χ2v) is 6.26. The zero-order valence-electron chi connectivity index (χ0n) is 15.1. The van der Waals surface area contributed by atoms with Gasteiger partial charge < -0.3 is 15.4 Å². The van der Waals surface area contributed by atoms with Crippen LogP contribution in [0.25, 0.3) is 0 Å². The normalized spacial score (nSPS) is 13.1. The van der Waals surface area contributed by atoms with Crippen LogP contribution in [0.15, 0.2) is 4.99 Å². The predicted molar refractivity (Wildman–Crippen MR) is 93.1 cm³/mol. The van der Waals surface area contributed by atoms with E-state index in [1.165, 1.54) is 13.5 Å². The lowest BCUT2D eigenvalue weighted by atomic mass is 10.0. The Hall–Kier alpha value is -1.26. The number of hydrogen-bond acceptors (Lipinski definition) is 3. The molecule has 0 amide bonds. The molecule has 5 nitrogen and oxygen atoms in total. The summed E-state index contributed by atoms with van der Waals surface area (Å²) in [5, 5.41) is 6.77. The molecule has 0 radical (unpaired) electrons. The highest BCUT2D eigenvalue weighted by Gasteiger charge is 2.06. The number of ether oxygens (including phenoxy) is 1. The van der Waals surface area contributed by atoms with Gasteiger partial charge in [-0.15, -0.1) is 0 Å². The lowest BCUT2D eigenvalue weighted by Crippen LogP contribution is -2.42. The van der Waals surface area contributed by atoms with Crippen LogP contribution in [0.3, 0.4) is 0 Å². The van der Waals surface area contributed by atoms with Gasteiger partial charge in [0.1, 0.15) is 0 Å². The summed E-state index contributed by atoms with van der Waals surface area (Å²) in [6.45, 7) is 7.61. The Morgan fingerprint density at radius 2 is 1.77 bits per heavy atom. The summed E-state index contributed by atoms with van der Waals surface area (Å²) < 4.78 is 4.62. The average Bonchev–Trinajstić information content (AvgIpc) is 2.50. The van der Waals surface area contributed by atoms with Crippen molar-refractivity contribution in [1.29, 1.82) is 0 Å². The number of nitrogens with zero attached hydrogens (tertiary/aromatic N) is 1. The molecule has 0 heterocycles. The summed E-state index contributed by atoms with van der Waals surface area (Å²) in [4.78, 5) is 15.2. The molecule has 0 aliphatic carbocycles. The zero-order chi connectivity index (χ0) is 16.8. The van der Waals surface area contributed by atoms with Crippen LogP contribution < -0.4 is 10.6 Å². The molecule has 0 saturated carbocycles. The minimum Gasteiger partial charge on any atom is -0.469 e. The van der Waals surface area contributed by atoms with Gasteiger partial charge in [0.25, 0.3) is 0 Å². The first-order valence-electron chi connectivity index (χ1n) is 8.53. The van der Waals surface area contributed by atoms with Crippen LogP contribution in [0, 0.1) is 5.92 Å². The maximum absolute atomic E-state index is 11.0. The van der Waals surface area contributed by atoms with Crippen molar-refractivity contribution in [3.8, 4) is 0 Å². The number of hydrogen-bond donors (Lipinski definition) is 2. The standard InChI is InChI=1S/C17H35N3O2/c1-14(2)11-12-15(3)20-17(18-4)19-13-9-7-6-8-10-16(21)22-5/h14-15H,6-13H2,1-5H3,(H2,18,19,20). The predicted octanol–water partition coefficient (Wildman–Crippen LogP) is 3.10. The minimum absolute atomic E-state index is 0.113. The molecule has 0 aromatic rings. The van der Waals surface area contributed by atoms with E-state index in [0.29, 0.717) is 12.5 Å². The molecule has 22 heavy (non-hydrogen) atoms. The van der Waals surface area contributed by atoms with Gasteiger partial charge in [-0.25, -0.2) is 0 Å². The molecule has 0 aromatic carbocycles. The van der Waals surface area contributed by atoms with Crippen molar-refractivity contribution in [2.24, 2.45) is 10.9 Å². The van der Waals surface area contributed by atoms with Crippen LogP contribution in [0.5, 0.6) is 0 Å². The largest absolute Gasteiger partial charge is 0.469 e. The van der Waals surface area contributed by atoms with E-state index in [-0.39, 0.29) is 5.97 Å². The molecule has 0 spiro atoms. The van der Waals surface area contributed by atoms with Crippen LogP contribution in [0.4, 0.5) is 0 Å². The molecular weight excluding hydrogens is 278 g/mol. The van der Waals surface area contributed by atoms with Crippen molar-refractivity contribution >= 4 is 11.9 Å².